The minimum Gasteiger partial charge on any atom is -0.440 e. The molecule has 2 heterocycles. The Morgan fingerprint density at radius 3 is 2.58 bits per heavy atom. The van der Waals surface area contributed by atoms with Crippen LogP contribution >= 0.6 is 12.2 Å². The number of piperidine rings is 1. The quantitative estimate of drug-likeness (QED) is 0.186. The molecule has 1 aromatic heterocycles. The number of hydrogen-bond donors (Lipinski definition) is 2. The number of thiocarbonyl (C=S) groups is 1. The highest BCUT2D eigenvalue weighted by Gasteiger charge is 2.25. The monoisotopic (exact) mass is 529 g/mol. The molecule has 3 aromatic carbocycles. The highest BCUT2D eigenvalue weighted by molar-refractivity contribution is 7.80. The van der Waals surface area contributed by atoms with Crippen LogP contribution in [0.4, 0.5) is 17.1 Å². The van der Waals surface area contributed by atoms with Gasteiger partial charge in [0.1, 0.15) is 11.2 Å². The third kappa shape index (κ3) is 5.81. The summed E-state index contributed by atoms with van der Waals surface area (Å²) in [5.74, 6) is 0.718. The molecule has 0 spiro atoms. The first-order valence-electron chi connectivity index (χ1n) is 12.4. The van der Waals surface area contributed by atoms with Crippen molar-refractivity contribution in [3.63, 3.8) is 0 Å². The molecule has 38 heavy (non-hydrogen) atoms. The molecule has 0 saturated carbocycles. The predicted octanol–water partition coefficient (Wildman–Crippen LogP) is 5.69. The molecule has 9 nitrogen and oxygen atoms in total. The Morgan fingerprint density at radius 1 is 1.13 bits per heavy atom. The predicted molar refractivity (Wildman–Crippen MR) is 151 cm³/mol. The van der Waals surface area contributed by atoms with E-state index in [4.69, 9.17) is 16.6 Å². The van der Waals surface area contributed by atoms with E-state index in [2.05, 4.69) is 22.5 Å². The zero-order valence-corrected chi connectivity index (χ0v) is 21.7. The van der Waals surface area contributed by atoms with Crippen LogP contribution in [0.15, 0.2) is 71.1 Å². The van der Waals surface area contributed by atoms with Crippen LogP contribution in [0.3, 0.4) is 0 Å². The van der Waals surface area contributed by atoms with Crippen LogP contribution in [0.5, 0.6) is 0 Å². The lowest BCUT2D eigenvalue weighted by molar-refractivity contribution is -0.384. The Kier molecular flexibility index (Phi) is 7.32. The number of amides is 1. The number of rotatable bonds is 6. The molecule has 10 heteroatoms. The zero-order valence-electron chi connectivity index (χ0n) is 20.8. The SMILES string of the molecule is CC1CCN(c2ccc(C(=O)NC(=S)Nc3ccc(Cc4nc5ccccc5o4)cc3)cc2[N+](=O)[O-])CC1. The molecule has 0 aliphatic carbocycles. The summed E-state index contributed by atoms with van der Waals surface area (Å²) >= 11 is 5.30. The maximum atomic E-state index is 12.8. The van der Waals surface area contributed by atoms with E-state index in [9.17, 15) is 14.9 Å². The summed E-state index contributed by atoms with van der Waals surface area (Å²) in [5.41, 5.74) is 3.90. The Labute approximate surface area is 225 Å². The summed E-state index contributed by atoms with van der Waals surface area (Å²) in [5, 5.41) is 17.4. The number of oxazole rings is 1. The Balaban J connectivity index is 1.20. The first-order valence-corrected chi connectivity index (χ1v) is 12.9. The topological polar surface area (TPSA) is 114 Å². The molecule has 5 rings (SSSR count). The molecule has 0 unspecified atom stereocenters. The van der Waals surface area contributed by atoms with Gasteiger partial charge >= 0.3 is 0 Å². The van der Waals surface area contributed by atoms with Crippen LogP contribution in [-0.2, 0) is 6.42 Å². The number of carbonyl (C=O) groups excluding carboxylic acids is 1. The van der Waals surface area contributed by atoms with E-state index >= 15 is 0 Å². The van der Waals surface area contributed by atoms with Gasteiger partial charge in [-0.3, -0.25) is 20.2 Å². The van der Waals surface area contributed by atoms with Crippen molar-refractivity contribution >= 4 is 51.4 Å². The van der Waals surface area contributed by atoms with Crippen molar-refractivity contribution in [2.75, 3.05) is 23.3 Å². The van der Waals surface area contributed by atoms with Gasteiger partial charge in [-0.1, -0.05) is 31.2 Å². The maximum absolute atomic E-state index is 12.8. The third-order valence-electron chi connectivity index (χ3n) is 6.69. The van der Waals surface area contributed by atoms with Gasteiger partial charge in [0, 0.05) is 36.8 Å². The molecule has 1 saturated heterocycles. The molecular weight excluding hydrogens is 502 g/mol. The molecule has 1 aliphatic heterocycles. The van der Waals surface area contributed by atoms with Crippen molar-refractivity contribution in [3.05, 3.63) is 93.9 Å². The molecule has 1 fully saturated rings. The first-order chi connectivity index (χ1) is 18.4. The number of benzene rings is 3. The van der Waals surface area contributed by atoms with Gasteiger partial charge in [-0.05, 0) is 72.9 Å². The zero-order chi connectivity index (χ0) is 26.6. The van der Waals surface area contributed by atoms with Gasteiger partial charge in [-0.15, -0.1) is 0 Å². The average Bonchev–Trinajstić information content (AvgIpc) is 3.32. The van der Waals surface area contributed by atoms with Crippen molar-refractivity contribution in [2.45, 2.75) is 26.2 Å². The number of anilines is 2. The van der Waals surface area contributed by atoms with E-state index in [0.29, 0.717) is 29.6 Å². The van der Waals surface area contributed by atoms with Gasteiger partial charge in [0.05, 0.1) is 4.92 Å². The number of fused-ring (bicyclic) bond motifs is 1. The van der Waals surface area contributed by atoms with Gasteiger partial charge in [0.2, 0.25) is 0 Å². The molecule has 4 aromatic rings. The third-order valence-corrected chi connectivity index (χ3v) is 6.90. The summed E-state index contributed by atoms with van der Waals surface area (Å²) in [6.07, 6.45) is 2.51. The fraction of sp³-hybridized carbons (Fsp3) is 0.250. The lowest BCUT2D eigenvalue weighted by Crippen LogP contribution is -2.35. The summed E-state index contributed by atoms with van der Waals surface area (Å²) in [7, 11) is 0. The van der Waals surface area contributed by atoms with E-state index < -0.39 is 10.8 Å². The smallest absolute Gasteiger partial charge is 0.293 e. The van der Waals surface area contributed by atoms with Crippen molar-refractivity contribution < 1.29 is 14.1 Å². The molecular formula is C28H27N5O4S. The van der Waals surface area contributed by atoms with Crippen molar-refractivity contribution in [2.24, 2.45) is 5.92 Å². The van der Waals surface area contributed by atoms with Gasteiger partial charge in [0.15, 0.2) is 16.6 Å². The number of para-hydroxylation sites is 2. The standard InChI is InChI=1S/C28H27N5O4S/c1-18-12-14-32(15-13-18)23-11-8-20(17-24(23)33(35)36)27(34)31-28(38)29-21-9-6-19(7-10-21)16-26-30-22-4-2-3-5-25(22)37-26/h2-11,17-18H,12-16H2,1H3,(H2,29,31,34,38). The Hall–Kier alpha value is -4.31. The highest BCUT2D eigenvalue weighted by atomic mass is 32.1. The van der Waals surface area contributed by atoms with Gasteiger partial charge in [-0.25, -0.2) is 4.98 Å². The number of nitro groups is 1. The molecule has 2 N–H and O–H groups in total. The lowest BCUT2D eigenvalue weighted by atomic mass is 9.98. The largest absolute Gasteiger partial charge is 0.440 e. The molecule has 1 amide bonds. The molecule has 0 atom stereocenters. The maximum Gasteiger partial charge on any atom is 0.293 e. The normalized spacial score (nSPS) is 13.9. The summed E-state index contributed by atoms with van der Waals surface area (Å²) in [4.78, 5) is 30.6. The molecule has 194 valence electrons. The summed E-state index contributed by atoms with van der Waals surface area (Å²) in [6, 6.07) is 19.7. The summed E-state index contributed by atoms with van der Waals surface area (Å²) in [6.45, 7) is 3.70. The van der Waals surface area contributed by atoms with Crippen molar-refractivity contribution in [1.29, 1.82) is 0 Å². The number of carbonyl (C=O) groups is 1. The average molecular weight is 530 g/mol. The fourth-order valence-electron chi connectivity index (χ4n) is 4.54. The van der Waals surface area contributed by atoms with E-state index in [0.717, 1.165) is 42.6 Å². The van der Waals surface area contributed by atoms with E-state index in [-0.39, 0.29) is 16.4 Å². The van der Waals surface area contributed by atoms with E-state index in [1.54, 1.807) is 12.1 Å². The van der Waals surface area contributed by atoms with Gasteiger partial charge < -0.3 is 14.6 Å². The van der Waals surface area contributed by atoms with Gasteiger partial charge in [0.25, 0.3) is 11.6 Å². The van der Waals surface area contributed by atoms with E-state index in [1.807, 2.05) is 53.4 Å². The molecule has 1 aliphatic rings. The van der Waals surface area contributed by atoms with Crippen LogP contribution in [-0.4, -0.2) is 34.0 Å². The minimum absolute atomic E-state index is 0.0828. The number of nitro benzene ring substituents is 1. The minimum atomic E-state index is -0.517. The lowest BCUT2D eigenvalue weighted by Gasteiger charge is -2.31. The summed E-state index contributed by atoms with van der Waals surface area (Å²) < 4.78 is 5.78. The van der Waals surface area contributed by atoms with Crippen molar-refractivity contribution in [3.8, 4) is 0 Å². The number of nitrogens with zero attached hydrogens (tertiary/aromatic N) is 3. The number of hydrogen-bond acceptors (Lipinski definition) is 7. The fourth-order valence-corrected chi connectivity index (χ4v) is 4.75. The van der Waals surface area contributed by atoms with Crippen LogP contribution in [0.1, 0.15) is 41.6 Å². The van der Waals surface area contributed by atoms with Crippen molar-refractivity contribution in [1.82, 2.24) is 10.3 Å². The van der Waals surface area contributed by atoms with Crippen LogP contribution in [0, 0.1) is 16.0 Å². The number of aromatic nitrogens is 1. The Bertz CT molecular complexity index is 1460. The van der Waals surface area contributed by atoms with Gasteiger partial charge in [-0.2, -0.15) is 0 Å². The highest BCUT2D eigenvalue weighted by Crippen LogP contribution is 2.32. The second kappa shape index (κ2) is 11.0. The van der Waals surface area contributed by atoms with E-state index in [1.165, 1.54) is 6.07 Å². The molecule has 0 radical (unpaired) electrons. The second-order valence-electron chi connectivity index (χ2n) is 9.49. The van der Waals surface area contributed by atoms with Crippen LogP contribution in [0.2, 0.25) is 0 Å². The Morgan fingerprint density at radius 2 is 1.87 bits per heavy atom. The molecule has 0 bridgehead atoms. The van der Waals surface area contributed by atoms with Crippen LogP contribution in [0.25, 0.3) is 11.1 Å². The van der Waals surface area contributed by atoms with Crippen LogP contribution < -0.4 is 15.5 Å². The second-order valence-corrected chi connectivity index (χ2v) is 9.90. The first kappa shape index (κ1) is 25.3. The number of nitrogens with one attached hydrogen (secondary N) is 2.